The molecule has 2 saturated heterocycles. The number of piperazine rings is 1. The second kappa shape index (κ2) is 7.20. The molecule has 1 atom stereocenters. The second-order valence-electron chi connectivity index (χ2n) is 5.77. The van der Waals surface area contributed by atoms with Crippen LogP contribution in [0.25, 0.3) is 0 Å². The van der Waals surface area contributed by atoms with Crippen molar-refractivity contribution in [1.82, 2.24) is 9.80 Å². The van der Waals surface area contributed by atoms with Crippen LogP contribution in [0.1, 0.15) is 20.3 Å². The molecule has 21 heavy (non-hydrogen) atoms. The van der Waals surface area contributed by atoms with Gasteiger partial charge in [0, 0.05) is 26.2 Å². The van der Waals surface area contributed by atoms with Crippen LogP contribution in [0.3, 0.4) is 0 Å². The quantitative estimate of drug-likeness (QED) is 0.753. The maximum Gasteiger partial charge on any atom is 0.251 e. The molecule has 2 aliphatic rings. The summed E-state index contributed by atoms with van der Waals surface area (Å²) in [5.74, 6) is -0.369. The summed E-state index contributed by atoms with van der Waals surface area (Å²) in [6.45, 7) is 6.58. The van der Waals surface area contributed by atoms with E-state index in [9.17, 15) is 14.7 Å². The number of hydrogen-bond donors (Lipinski definition) is 1. The van der Waals surface area contributed by atoms with Crippen LogP contribution < -0.4 is 0 Å². The Morgan fingerprint density at radius 1 is 1.10 bits per heavy atom. The molecule has 7 heteroatoms. The van der Waals surface area contributed by atoms with Gasteiger partial charge in [0.1, 0.15) is 6.10 Å². The zero-order valence-electron chi connectivity index (χ0n) is 12.7. The highest BCUT2D eigenvalue weighted by Gasteiger charge is 2.30. The maximum absolute atomic E-state index is 12.1. The van der Waals surface area contributed by atoms with E-state index in [2.05, 4.69) is 0 Å². The van der Waals surface area contributed by atoms with Gasteiger partial charge >= 0.3 is 0 Å². The Kier molecular flexibility index (Phi) is 5.55. The third kappa shape index (κ3) is 4.15. The van der Waals surface area contributed by atoms with E-state index in [0.29, 0.717) is 39.4 Å². The van der Waals surface area contributed by atoms with E-state index in [1.165, 1.54) is 0 Å². The summed E-state index contributed by atoms with van der Waals surface area (Å²) in [6, 6.07) is 0. The molecule has 0 aromatic rings. The Morgan fingerprint density at radius 2 is 1.62 bits per heavy atom. The lowest BCUT2D eigenvalue weighted by molar-refractivity contribution is -0.149. The summed E-state index contributed by atoms with van der Waals surface area (Å²) in [7, 11) is 0. The monoisotopic (exact) mass is 300 g/mol. The highest BCUT2D eigenvalue weighted by Crippen LogP contribution is 2.13. The SMILES string of the molecule is CC(C)[C@@H](O)C(=O)N1CCN(C(=O)CC2OCCO2)CC1. The third-order valence-corrected chi connectivity index (χ3v) is 3.86. The first-order valence-corrected chi connectivity index (χ1v) is 7.47. The molecule has 0 bridgehead atoms. The molecule has 2 amide bonds. The number of aliphatic hydroxyl groups is 1. The third-order valence-electron chi connectivity index (χ3n) is 3.86. The number of ether oxygens (including phenoxy) is 2. The average molecular weight is 300 g/mol. The highest BCUT2D eigenvalue weighted by atomic mass is 16.7. The molecule has 2 aliphatic heterocycles. The minimum atomic E-state index is -0.965. The molecule has 0 aliphatic carbocycles. The van der Waals surface area contributed by atoms with Crippen LogP contribution in [0.4, 0.5) is 0 Å². The van der Waals surface area contributed by atoms with Gasteiger partial charge in [0.15, 0.2) is 6.29 Å². The summed E-state index contributed by atoms with van der Waals surface area (Å²) >= 11 is 0. The van der Waals surface area contributed by atoms with E-state index < -0.39 is 12.4 Å². The van der Waals surface area contributed by atoms with Crippen molar-refractivity contribution in [2.45, 2.75) is 32.7 Å². The Morgan fingerprint density at radius 3 is 2.14 bits per heavy atom. The maximum atomic E-state index is 12.1. The standard InChI is InChI=1S/C14H24N2O5/c1-10(2)13(18)14(19)16-5-3-15(4-6-16)11(17)9-12-20-7-8-21-12/h10,12-13,18H,3-9H2,1-2H3/t13-/m1/s1. The molecule has 2 heterocycles. The van der Waals surface area contributed by atoms with Gasteiger partial charge in [-0.25, -0.2) is 0 Å². The smallest absolute Gasteiger partial charge is 0.251 e. The first-order valence-electron chi connectivity index (χ1n) is 7.47. The largest absolute Gasteiger partial charge is 0.383 e. The van der Waals surface area contributed by atoms with Crippen molar-refractivity contribution in [2.75, 3.05) is 39.4 Å². The van der Waals surface area contributed by atoms with Gasteiger partial charge in [-0.1, -0.05) is 13.8 Å². The predicted molar refractivity (Wildman–Crippen MR) is 74.3 cm³/mol. The zero-order valence-corrected chi connectivity index (χ0v) is 12.7. The van der Waals surface area contributed by atoms with Crippen LogP contribution >= 0.6 is 0 Å². The highest BCUT2D eigenvalue weighted by molar-refractivity contribution is 5.81. The summed E-state index contributed by atoms with van der Waals surface area (Å²) in [5, 5.41) is 9.81. The predicted octanol–water partition coefficient (Wildman–Crippen LogP) is -0.563. The molecule has 0 aromatic heterocycles. The minimum absolute atomic E-state index is 0.0154. The average Bonchev–Trinajstić information content (AvgIpc) is 2.98. The van der Waals surface area contributed by atoms with Crippen LogP contribution in [0.5, 0.6) is 0 Å². The van der Waals surface area contributed by atoms with Crippen LogP contribution in [-0.4, -0.2) is 78.5 Å². The molecule has 0 spiro atoms. The van der Waals surface area contributed by atoms with Crippen LogP contribution in [0, 0.1) is 5.92 Å². The number of aliphatic hydroxyl groups excluding tert-OH is 1. The Hall–Kier alpha value is -1.18. The van der Waals surface area contributed by atoms with Crippen molar-refractivity contribution in [1.29, 1.82) is 0 Å². The van der Waals surface area contributed by atoms with Gasteiger partial charge in [-0.15, -0.1) is 0 Å². The van der Waals surface area contributed by atoms with Crippen molar-refractivity contribution in [3.8, 4) is 0 Å². The summed E-state index contributed by atoms with van der Waals surface area (Å²) < 4.78 is 10.5. The lowest BCUT2D eigenvalue weighted by Crippen LogP contribution is -2.53. The van der Waals surface area contributed by atoms with Gasteiger partial charge < -0.3 is 24.4 Å². The van der Waals surface area contributed by atoms with Gasteiger partial charge in [-0.3, -0.25) is 9.59 Å². The number of carbonyl (C=O) groups excluding carboxylic acids is 2. The van der Waals surface area contributed by atoms with E-state index in [0.717, 1.165) is 0 Å². The molecule has 0 unspecified atom stereocenters. The normalized spacial score (nSPS) is 21.9. The Balaban J connectivity index is 1.77. The molecule has 1 N–H and O–H groups in total. The molecule has 7 nitrogen and oxygen atoms in total. The van der Waals surface area contributed by atoms with Gasteiger partial charge in [-0.2, -0.15) is 0 Å². The molecule has 2 fully saturated rings. The molecule has 0 aromatic carbocycles. The van der Waals surface area contributed by atoms with Crippen molar-refractivity contribution >= 4 is 11.8 Å². The van der Waals surface area contributed by atoms with Crippen LogP contribution in [0.15, 0.2) is 0 Å². The fourth-order valence-corrected chi connectivity index (χ4v) is 2.45. The number of rotatable bonds is 4. The molecule has 120 valence electrons. The van der Waals surface area contributed by atoms with E-state index in [1.807, 2.05) is 13.8 Å². The van der Waals surface area contributed by atoms with Crippen molar-refractivity contribution < 1.29 is 24.2 Å². The van der Waals surface area contributed by atoms with Gasteiger partial charge in [0.2, 0.25) is 5.91 Å². The van der Waals surface area contributed by atoms with Crippen molar-refractivity contribution in [3.05, 3.63) is 0 Å². The fraction of sp³-hybridized carbons (Fsp3) is 0.857. The second-order valence-corrected chi connectivity index (χ2v) is 5.77. The number of carbonyl (C=O) groups is 2. The molecule has 0 radical (unpaired) electrons. The van der Waals surface area contributed by atoms with Gasteiger partial charge in [0.25, 0.3) is 5.91 Å². The van der Waals surface area contributed by atoms with Gasteiger partial charge in [0.05, 0.1) is 19.6 Å². The Bertz CT molecular complexity index is 374. The van der Waals surface area contributed by atoms with Gasteiger partial charge in [-0.05, 0) is 5.92 Å². The van der Waals surface area contributed by atoms with Crippen molar-refractivity contribution in [3.63, 3.8) is 0 Å². The number of hydrogen-bond acceptors (Lipinski definition) is 5. The Labute approximate surface area is 124 Å². The lowest BCUT2D eigenvalue weighted by atomic mass is 10.1. The van der Waals surface area contributed by atoms with Crippen molar-refractivity contribution in [2.24, 2.45) is 5.92 Å². The lowest BCUT2D eigenvalue weighted by Gasteiger charge is -2.36. The first-order chi connectivity index (χ1) is 9.99. The topological polar surface area (TPSA) is 79.3 Å². The van der Waals surface area contributed by atoms with Crippen LogP contribution in [-0.2, 0) is 19.1 Å². The number of amides is 2. The zero-order chi connectivity index (χ0) is 15.4. The minimum Gasteiger partial charge on any atom is -0.383 e. The molecular weight excluding hydrogens is 276 g/mol. The summed E-state index contributed by atoms with van der Waals surface area (Å²) in [5.41, 5.74) is 0. The number of nitrogens with zero attached hydrogens (tertiary/aromatic N) is 2. The van der Waals surface area contributed by atoms with E-state index in [-0.39, 0.29) is 24.2 Å². The van der Waals surface area contributed by atoms with E-state index in [4.69, 9.17) is 9.47 Å². The summed E-state index contributed by atoms with van der Waals surface area (Å²) in [4.78, 5) is 27.5. The van der Waals surface area contributed by atoms with Crippen LogP contribution in [0.2, 0.25) is 0 Å². The van der Waals surface area contributed by atoms with E-state index in [1.54, 1.807) is 9.80 Å². The molecule has 0 saturated carbocycles. The molecule has 2 rings (SSSR count). The first kappa shape index (κ1) is 16.2. The fourth-order valence-electron chi connectivity index (χ4n) is 2.45. The van der Waals surface area contributed by atoms with E-state index >= 15 is 0 Å². The summed E-state index contributed by atoms with van der Waals surface area (Å²) in [6.07, 6.45) is -1.17. The molecular formula is C14H24N2O5.